The molecule has 0 amide bonds. The lowest BCUT2D eigenvalue weighted by Gasteiger charge is -2.21. The number of benzene rings is 1. The van der Waals surface area contributed by atoms with Gasteiger partial charge in [0, 0.05) is 0 Å². The quantitative estimate of drug-likeness (QED) is 0.638. The fraction of sp³-hybridized carbons (Fsp3) is 0.429. The van der Waals surface area contributed by atoms with Crippen LogP contribution in [0.2, 0.25) is 27.3 Å². The SMILES string of the molecule is C=C(CC(B(C)C)c1ccccc1)B(C)C. The summed E-state index contributed by atoms with van der Waals surface area (Å²) in [7, 11) is 0. The summed E-state index contributed by atoms with van der Waals surface area (Å²) >= 11 is 0. The van der Waals surface area contributed by atoms with E-state index in [0.717, 1.165) is 6.42 Å². The highest BCUT2D eigenvalue weighted by Gasteiger charge is 2.20. The van der Waals surface area contributed by atoms with E-state index in [0.29, 0.717) is 19.2 Å². The van der Waals surface area contributed by atoms with E-state index < -0.39 is 0 Å². The summed E-state index contributed by atoms with van der Waals surface area (Å²) in [4.78, 5) is 0. The predicted octanol–water partition coefficient (Wildman–Crippen LogP) is 4.30. The summed E-state index contributed by atoms with van der Waals surface area (Å²) < 4.78 is 0. The zero-order valence-corrected chi connectivity index (χ0v) is 11.0. The third kappa shape index (κ3) is 3.59. The third-order valence-corrected chi connectivity index (χ3v) is 3.33. The van der Waals surface area contributed by atoms with Crippen LogP contribution in [0, 0.1) is 0 Å². The molecule has 0 aliphatic rings. The molecule has 2 heteroatoms. The first-order valence-electron chi connectivity index (χ1n) is 6.25. The molecule has 1 aromatic rings. The zero-order chi connectivity index (χ0) is 12.1. The first kappa shape index (κ1) is 13.2. The van der Waals surface area contributed by atoms with Gasteiger partial charge in [0.1, 0.15) is 6.71 Å². The highest BCUT2D eigenvalue weighted by molar-refractivity contribution is 6.64. The molecule has 1 unspecified atom stereocenters. The second-order valence-electron chi connectivity index (χ2n) is 5.28. The second kappa shape index (κ2) is 5.98. The van der Waals surface area contributed by atoms with Crippen LogP contribution in [0.3, 0.4) is 0 Å². The second-order valence-corrected chi connectivity index (χ2v) is 5.28. The monoisotopic (exact) mass is 212 g/mol. The molecular formula is C14H22B2. The van der Waals surface area contributed by atoms with Crippen LogP contribution in [0.1, 0.15) is 17.8 Å². The van der Waals surface area contributed by atoms with Gasteiger partial charge in [-0.05, 0) is 12.2 Å². The molecule has 0 N–H and O–H groups in total. The van der Waals surface area contributed by atoms with Crippen molar-refractivity contribution in [3.63, 3.8) is 0 Å². The van der Waals surface area contributed by atoms with Crippen molar-refractivity contribution in [1.29, 1.82) is 0 Å². The van der Waals surface area contributed by atoms with Gasteiger partial charge < -0.3 is 0 Å². The maximum Gasteiger partial charge on any atom is 0.163 e. The Morgan fingerprint density at radius 1 is 1.12 bits per heavy atom. The molecule has 0 saturated carbocycles. The molecule has 0 aliphatic heterocycles. The largest absolute Gasteiger partial charge is 0.163 e. The summed E-state index contributed by atoms with van der Waals surface area (Å²) in [6, 6.07) is 10.8. The molecule has 16 heavy (non-hydrogen) atoms. The fourth-order valence-corrected chi connectivity index (χ4v) is 1.96. The summed E-state index contributed by atoms with van der Waals surface area (Å²) in [6.45, 7) is 14.5. The number of allylic oxidation sites excluding steroid dienone is 1. The van der Waals surface area contributed by atoms with Crippen LogP contribution < -0.4 is 0 Å². The molecule has 0 spiro atoms. The standard InChI is InChI=1S/C14H22B2/c1-12(15(2)3)11-14(16(4)5)13-9-7-6-8-10-13/h6-10,14H,1,11H2,2-5H3. The van der Waals surface area contributed by atoms with Gasteiger partial charge in [0.15, 0.2) is 6.71 Å². The molecule has 84 valence electrons. The van der Waals surface area contributed by atoms with Gasteiger partial charge >= 0.3 is 0 Å². The Labute approximate surface area is 101 Å². The Balaban J connectivity index is 2.81. The Kier molecular flexibility index (Phi) is 4.92. The summed E-state index contributed by atoms with van der Waals surface area (Å²) in [5.41, 5.74) is 2.81. The van der Waals surface area contributed by atoms with Crippen molar-refractivity contribution in [1.82, 2.24) is 0 Å². The first-order chi connectivity index (χ1) is 7.52. The maximum atomic E-state index is 4.20. The van der Waals surface area contributed by atoms with E-state index in [9.17, 15) is 0 Å². The maximum absolute atomic E-state index is 4.20. The van der Waals surface area contributed by atoms with Crippen molar-refractivity contribution < 1.29 is 0 Å². The average molecular weight is 212 g/mol. The number of hydrogen-bond donors (Lipinski definition) is 0. The Bertz CT molecular complexity index is 328. The van der Waals surface area contributed by atoms with Crippen LogP contribution >= 0.6 is 0 Å². The number of rotatable bonds is 5. The van der Waals surface area contributed by atoms with E-state index in [2.05, 4.69) is 64.2 Å². The van der Waals surface area contributed by atoms with E-state index in [4.69, 9.17) is 0 Å². The lowest BCUT2D eigenvalue weighted by molar-refractivity contribution is 0.913. The average Bonchev–Trinajstić information content (AvgIpc) is 2.26. The van der Waals surface area contributed by atoms with Crippen LogP contribution in [-0.4, -0.2) is 13.4 Å². The van der Waals surface area contributed by atoms with E-state index in [1.807, 2.05) is 0 Å². The van der Waals surface area contributed by atoms with E-state index in [1.54, 1.807) is 0 Å². The molecule has 1 aromatic carbocycles. The van der Waals surface area contributed by atoms with Crippen molar-refractivity contribution in [2.75, 3.05) is 0 Å². The normalized spacial score (nSPS) is 12.0. The van der Waals surface area contributed by atoms with Crippen molar-refractivity contribution in [2.24, 2.45) is 0 Å². The predicted molar refractivity (Wildman–Crippen MR) is 77.9 cm³/mol. The summed E-state index contributed by atoms with van der Waals surface area (Å²) in [6.07, 6.45) is 1.11. The molecule has 0 radical (unpaired) electrons. The minimum atomic E-state index is 0.588. The minimum Gasteiger partial charge on any atom is -0.109 e. The van der Waals surface area contributed by atoms with Gasteiger partial charge in [0.2, 0.25) is 0 Å². The van der Waals surface area contributed by atoms with Crippen LogP contribution in [-0.2, 0) is 0 Å². The van der Waals surface area contributed by atoms with E-state index in [-0.39, 0.29) is 0 Å². The van der Waals surface area contributed by atoms with Crippen molar-refractivity contribution >= 4 is 13.4 Å². The highest BCUT2D eigenvalue weighted by Crippen LogP contribution is 2.26. The molecule has 0 aromatic heterocycles. The van der Waals surface area contributed by atoms with Crippen molar-refractivity contribution in [3.8, 4) is 0 Å². The molecule has 0 saturated heterocycles. The molecule has 0 aliphatic carbocycles. The fourth-order valence-electron chi connectivity index (χ4n) is 1.96. The van der Waals surface area contributed by atoms with E-state index in [1.165, 1.54) is 11.0 Å². The summed E-state index contributed by atoms with van der Waals surface area (Å²) in [5, 5.41) is 0. The van der Waals surface area contributed by atoms with Crippen molar-refractivity contribution in [3.05, 3.63) is 47.9 Å². The molecular weight excluding hydrogens is 190 g/mol. The Morgan fingerprint density at radius 2 is 1.69 bits per heavy atom. The molecule has 0 nitrogen and oxygen atoms in total. The minimum absolute atomic E-state index is 0.588. The molecule has 1 rings (SSSR count). The van der Waals surface area contributed by atoms with Crippen LogP contribution in [0.4, 0.5) is 0 Å². The van der Waals surface area contributed by atoms with Gasteiger partial charge in [-0.1, -0.05) is 63.2 Å². The number of hydrogen-bond acceptors (Lipinski definition) is 0. The third-order valence-electron chi connectivity index (χ3n) is 3.33. The lowest BCUT2D eigenvalue weighted by Crippen LogP contribution is -2.19. The zero-order valence-electron chi connectivity index (χ0n) is 11.0. The van der Waals surface area contributed by atoms with Gasteiger partial charge in [0.25, 0.3) is 0 Å². The lowest BCUT2D eigenvalue weighted by atomic mass is 9.38. The molecule has 0 fully saturated rings. The van der Waals surface area contributed by atoms with Gasteiger partial charge in [-0.2, -0.15) is 0 Å². The Morgan fingerprint density at radius 3 is 2.12 bits per heavy atom. The van der Waals surface area contributed by atoms with Gasteiger partial charge in [0.05, 0.1) is 0 Å². The molecule has 1 atom stereocenters. The van der Waals surface area contributed by atoms with E-state index >= 15 is 0 Å². The van der Waals surface area contributed by atoms with Gasteiger partial charge in [-0.3, -0.25) is 0 Å². The van der Waals surface area contributed by atoms with Crippen LogP contribution in [0.15, 0.2) is 42.4 Å². The molecule has 0 bridgehead atoms. The van der Waals surface area contributed by atoms with Crippen LogP contribution in [0.5, 0.6) is 0 Å². The topological polar surface area (TPSA) is 0 Å². The first-order valence-corrected chi connectivity index (χ1v) is 6.25. The van der Waals surface area contributed by atoms with Gasteiger partial charge in [-0.25, -0.2) is 0 Å². The van der Waals surface area contributed by atoms with Gasteiger partial charge in [-0.15, -0.1) is 12.1 Å². The smallest absolute Gasteiger partial charge is 0.109 e. The van der Waals surface area contributed by atoms with Crippen LogP contribution in [0.25, 0.3) is 0 Å². The highest BCUT2D eigenvalue weighted by atomic mass is 14.1. The molecule has 0 heterocycles. The Hall–Kier alpha value is -0.910. The van der Waals surface area contributed by atoms with Crippen molar-refractivity contribution in [2.45, 2.75) is 39.5 Å². The summed E-state index contributed by atoms with van der Waals surface area (Å²) in [5.74, 6) is 0.608.